The summed E-state index contributed by atoms with van der Waals surface area (Å²) in [6.45, 7) is 0. The summed E-state index contributed by atoms with van der Waals surface area (Å²) < 4.78 is 3.60. The van der Waals surface area contributed by atoms with Gasteiger partial charge in [-0.15, -0.1) is 25.3 Å². The Morgan fingerprint density at radius 1 is 0.276 bits per heavy atom. The van der Waals surface area contributed by atoms with E-state index in [1.54, 1.807) is 11.1 Å². The molecule has 5 nitrogen and oxygen atoms in total. The quantitative estimate of drug-likeness (QED) is 0.0185. The highest BCUT2D eigenvalue weighted by Gasteiger charge is 2.51. The molecule has 0 saturated carbocycles. The molecule has 76 heavy (non-hydrogen) atoms. The second kappa shape index (κ2) is 54.2. The summed E-state index contributed by atoms with van der Waals surface area (Å²) in [7, 11) is -5.22. The third-order valence-electron chi connectivity index (χ3n) is 16.2. The highest BCUT2D eigenvalue weighted by atomic mass is 32.1. The van der Waals surface area contributed by atoms with E-state index in [1.165, 1.54) is 289 Å². The fraction of sp³-hybridized carbons (Fsp3) is 0.810. The van der Waals surface area contributed by atoms with Crippen molar-refractivity contribution >= 4 is 93.0 Å². The molecular formula is C63H116O5P2S6. The van der Waals surface area contributed by atoms with Crippen molar-refractivity contribution < 1.29 is 23.9 Å². The predicted octanol–water partition coefficient (Wildman–Crippen LogP) is 22.2. The SMILES string of the molecule is OP(O)OP(O)O.SCCCCCCCCCCCCCC(c1ccc(S)cc1)(c1ccc(S)cc1)C(CCCCCCCCCCCCS)(CCCCCCCCCCCCS)CCCCCCCCCCCCS. The molecule has 4 N–H and O–H groups in total. The van der Waals surface area contributed by atoms with Gasteiger partial charge in [0.15, 0.2) is 0 Å². The van der Waals surface area contributed by atoms with E-state index in [9.17, 15) is 0 Å². The van der Waals surface area contributed by atoms with Crippen LogP contribution in [0.25, 0.3) is 0 Å². The van der Waals surface area contributed by atoms with Crippen LogP contribution in [0.3, 0.4) is 0 Å². The fourth-order valence-corrected chi connectivity index (χ4v) is 13.7. The smallest absolute Gasteiger partial charge is 0.328 e. The molecule has 0 aliphatic rings. The first-order chi connectivity index (χ1) is 37.1. The van der Waals surface area contributed by atoms with Crippen LogP contribution in [0.15, 0.2) is 58.3 Å². The average molecular weight is 1210 g/mol. The Bertz CT molecular complexity index is 1390. The number of hydrogen-bond acceptors (Lipinski definition) is 11. The van der Waals surface area contributed by atoms with E-state index >= 15 is 0 Å². The van der Waals surface area contributed by atoms with Crippen LogP contribution < -0.4 is 0 Å². The topological polar surface area (TPSA) is 90.2 Å². The van der Waals surface area contributed by atoms with Crippen molar-refractivity contribution in [3.63, 3.8) is 0 Å². The third-order valence-corrected chi connectivity index (χ3v) is 19.2. The Hall–Kier alpha value is 1.20. The van der Waals surface area contributed by atoms with Crippen molar-refractivity contribution in [3.8, 4) is 0 Å². The first kappa shape index (κ1) is 75.2. The van der Waals surface area contributed by atoms with Gasteiger partial charge in [-0.05, 0) is 115 Å². The molecule has 444 valence electrons. The molecule has 0 bridgehead atoms. The number of unbranched alkanes of at least 4 members (excludes halogenated alkanes) is 37. The number of benzene rings is 2. The highest BCUT2D eigenvalue weighted by Crippen LogP contribution is 2.59. The van der Waals surface area contributed by atoms with Gasteiger partial charge < -0.3 is 19.6 Å². The zero-order valence-electron chi connectivity index (χ0n) is 48.0. The molecule has 2 rings (SSSR count). The summed E-state index contributed by atoms with van der Waals surface area (Å²) in [6, 6.07) is 19.3. The lowest BCUT2D eigenvalue weighted by molar-refractivity contribution is 0.0816. The van der Waals surface area contributed by atoms with Gasteiger partial charge in [-0.3, -0.25) is 0 Å². The summed E-state index contributed by atoms with van der Waals surface area (Å²) in [5.41, 5.74) is 3.26. The zero-order chi connectivity index (χ0) is 55.5. The van der Waals surface area contributed by atoms with E-state index in [0.29, 0.717) is 0 Å². The van der Waals surface area contributed by atoms with Crippen LogP contribution in [0, 0.1) is 5.41 Å². The maximum Gasteiger partial charge on any atom is 0.334 e. The minimum absolute atomic E-state index is 0.0456. The minimum Gasteiger partial charge on any atom is -0.328 e. The van der Waals surface area contributed by atoms with Crippen molar-refractivity contribution in [2.24, 2.45) is 5.41 Å². The average Bonchev–Trinajstić information content (AvgIpc) is 3.40. The third kappa shape index (κ3) is 38.9. The molecule has 0 radical (unpaired) electrons. The van der Waals surface area contributed by atoms with Crippen LogP contribution in [-0.2, 0) is 9.73 Å². The molecule has 0 fully saturated rings. The van der Waals surface area contributed by atoms with Crippen molar-refractivity contribution in [3.05, 3.63) is 59.7 Å². The standard InChI is InChI=1S/C63H112S6.H4O5P2/c64-54-38-30-22-14-6-1-2-13-21-29-37-53-63(58-42-46-60(68)47-43-58,59-44-48-61(69)49-45-59)62(50-34-26-18-10-3-7-15-23-31-39-55-65,51-35-27-19-11-4-8-16-24-32-40-56-66)52-36-28-20-12-5-9-17-25-33-41-57-67;1-6(2)5-7(3)4/h42-49,64-69H,1-41,50-57H2;1-4H. The first-order valence-corrected chi connectivity index (χ1v) is 36.9. The van der Waals surface area contributed by atoms with Gasteiger partial charge in [0.25, 0.3) is 0 Å². The Kier molecular flexibility index (Phi) is 53.6. The maximum atomic E-state index is 7.82. The Labute approximate surface area is 505 Å². The normalized spacial score (nSPS) is 12.1. The van der Waals surface area contributed by atoms with E-state index in [2.05, 4.69) is 103 Å². The molecule has 0 unspecified atom stereocenters. The number of rotatable bonds is 54. The zero-order valence-corrected chi connectivity index (χ0v) is 55.2. The molecule has 0 aliphatic carbocycles. The number of hydrogen-bond donors (Lipinski definition) is 10. The van der Waals surface area contributed by atoms with Gasteiger partial charge >= 0.3 is 17.2 Å². The van der Waals surface area contributed by atoms with Crippen LogP contribution in [-0.4, -0.2) is 42.6 Å². The molecule has 0 spiro atoms. The molecule has 0 heterocycles. The fourth-order valence-electron chi connectivity index (χ4n) is 12.0. The van der Waals surface area contributed by atoms with Gasteiger partial charge in [0.05, 0.1) is 0 Å². The van der Waals surface area contributed by atoms with E-state index in [4.69, 9.17) is 44.8 Å². The summed E-state index contributed by atoms with van der Waals surface area (Å²) in [4.78, 5) is 33.4. The van der Waals surface area contributed by atoms with Crippen LogP contribution in [0.4, 0.5) is 0 Å². The summed E-state index contributed by atoms with van der Waals surface area (Å²) in [6.07, 6.45) is 61.5. The van der Waals surface area contributed by atoms with Crippen molar-refractivity contribution in [1.82, 2.24) is 0 Å². The van der Waals surface area contributed by atoms with Gasteiger partial charge in [0.2, 0.25) is 0 Å². The molecule has 0 saturated heterocycles. The molecule has 2 aromatic rings. The molecule has 0 amide bonds. The molecule has 2 aromatic carbocycles. The highest BCUT2D eigenvalue weighted by molar-refractivity contribution is 7.81. The monoisotopic (exact) mass is 1210 g/mol. The second-order valence-corrected chi connectivity index (χ2v) is 26.7. The second-order valence-electron chi connectivity index (χ2n) is 22.3. The lowest BCUT2D eigenvalue weighted by Crippen LogP contribution is -2.47. The minimum atomic E-state index is -2.61. The largest absolute Gasteiger partial charge is 0.334 e. The molecular weight excluding hydrogens is 1090 g/mol. The van der Waals surface area contributed by atoms with E-state index in [1.807, 2.05) is 0 Å². The molecule has 0 aliphatic heterocycles. The van der Waals surface area contributed by atoms with Gasteiger partial charge in [0.1, 0.15) is 0 Å². The van der Waals surface area contributed by atoms with Crippen LogP contribution in [0.5, 0.6) is 0 Å². The van der Waals surface area contributed by atoms with Gasteiger partial charge in [-0.25, -0.2) is 4.31 Å². The molecule has 13 heteroatoms. The van der Waals surface area contributed by atoms with E-state index < -0.39 is 17.2 Å². The van der Waals surface area contributed by atoms with Crippen LogP contribution in [0.2, 0.25) is 0 Å². The Morgan fingerprint density at radius 3 is 0.645 bits per heavy atom. The Balaban J connectivity index is 0.00000383. The summed E-state index contributed by atoms with van der Waals surface area (Å²) in [5.74, 6) is 4.15. The Morgan fingerprint density at radius 2 is 0.461 bits per heavy atom. The van der Waals surface area contributed by atoms with Gasteiger partial charge in [-0.2, -0.15) is 50.5 Å². The van der Waals surface area contributed by atoms with Crippen LogP contribution in [0.1, 0.15) is 300 Å². The summed E-state index contributed by atoms with van der Waals surface area (Å²) in [5, 5.41) is 0. The first-order valence-electron chi connectivity index (χ1n) is 31.2. The lowest BCUT2D eigenvalue weighted by atomic mass is 9.50. The van der Waals surface area contributed by atoms with Crippen LogP contribution >= 0.6 is 93.0 Å². The number of thiol groups is 6. The molecule has 0 aromatic heterocycles. The molecule has 0 atom stereocenters. The van der Waals surface area contributed by atoms with Crippen molar-refractivity contribution in [2.45, 2.75) is 304 Å². The lowest BCUT2D eigenvalue weighted by Gasteiger charge is -2.53. The predicted molar refractivity (Wildman–Crippen MR) is 358 cm³/mol. The van der Waals surface area contributed by atoms with Gasteiger partial charge in [0, 0.05) is 15.2 Å². The van der Waals surface area contributed by atoms with Gasteiger partial charge in [-0.1, -0.05) is 262 Å². The van der Waals surface area contributed by atoms with E-state index in [-0.39, 0.29) is 10.8 Å². The maximum absolute atomic E-state index is 7.82. The van der Waals surface area contributed by atoms with Crippen molar-refractivity contribution in [2.75, 3.05) is 23.0 Å². The summed E-state index contributed by atoms with van der Waals surface area (Å²) >= 11 is 27.5. The van der Waals surface area contributed by atoms with Crippen molar-refractivity contribution in [1.29, 1.82) is 0 Å². The van der Waals surface area contributed by atoms with E-state index in [0.717, 1.165) is 32.8 Å².